The number of carbonyl (C=O) groups excluding carboxylic acids is 1. The summed E-state index contributed by atoms with van der Waals surface area (Å²) in [6.45, 7) is 2.97. The Bertz CT molecular complexity index is 763. The number of esters is 1. The second-order valence-corrected chi connectivity index (χ2v) is 5.82. The number of benzene rings is 2. The van der Waals surface area contributed by atoms with Crippen LogP contribution in [-0.2, 0) is 15.1 Å². The highest BCUT2D eigenvalue weighted by Crippen LogP contribution is 2.33. The smallest absolute Gasteiger partial charge is 0.304 e. The van der Waals surface area contributed by atoms with Gasteiger partial charge >= 0.3 is 5.97 Å². The minimum Gasteiger partial charge on any atom is -0.456 e. The van der Waals surface area contributed by atoms with E-state index in [2.05, 4.69) is 5.92 Å². The maximum atomic E-state index is 11.2. The Morgan fingerprint density at radius 1 is 1.17 bits per heavy atom. The van der Waals surface area contributed by atoms with Crippen molar-refractivity contribution in [3.05, 3.63) is 58.1 Å². The lowest BCUT2D eigenvalue weighted by atomic mass is 9.96. The van der Waals surface area contributed by atoms with Gasteiger partial charge in [-0.15, -0.1) is 6.42 Å². The normalized spacial score (nSPS) is 12.8. The zero-order valence-electron chi connectivity index (χ0n) is 12.6. The third kappa shape index (κ3) is 4.19. The highest BCUT2D eigenvalue weighted by Gasteiger charge is 2.27. The highest BCUT2D eigenvalue weighted by atomic mass is 35.5. The third-order valence-corrected chi connectivity index (χ3v) is 3.68. The number of hydrogen-bond acceptors (Lipinski definition) is 3. The summed E-state index contributed by atoms with van der Waals surface area (Å²) in [6, 6.07) is 11.9. The van der Waals surface area contributed by atoms with Crippen LogP contribution in [0.1, 0.15) is 19.4 Å². The minimum atomic E-state index is -1.12. The second kappa shape index (κ2) is 6.95. The summed E-state index contributed by atoms with van der Waals surface area (Å²) in [5, 5.41) is 0.943. The first-order valence-corrected chi connectivity index (χ1v) is 7.50. The second-order valence-electron chi connectivity index (χ2n) is 4.97. The molecule has 118 valence electrons. The van der Waals surface area contributed by atoms with E-state index in [1.54, 1.807) is 49.4 Å². The van der Waals surface area contributed by atoms with Gasteiger partial charge in [0.1, 0.15) is 11.5 Å². The molecule has 2 rings (SSSR count). The third-order valence-electron chi connectivity index (χ3n) is 3.15. The average Bonchev–Trinajstić information content (AvgIpc) is 2.50. The van der Waals surface area contributed by atoms with E-state index in [1.807, 2.05) is 0 Å². The van der Waals surface area contributed by atoms with Crippen LogP contribution in [0.15, 0.2) is 42.5 Å². The lowest BCUT2D eigenvalue weighted by molar-refractivity contribution is -0.151. The van der Waals surface area contributed by atoms with Crippen molar-refractivity contribution in [3.8, 4) is 23.8 Å². The molecule has 0 saturated heterocycles. The maximum absolute atomic E-state index is 11.2. The van der Waals surface area contributed by atoms with Gasteiger partial charge in [0, 0.05) is 17.5 Å². The van der Waals surface area contributed by atoms with E-state index >= 15 is 0 Å². The summed E-state index contributed by atoms with van der Waals surface area (Å²) in [5.74, 6) is 3.10. The summed E-state index contributed by atoms with van der Waals surface area (Å²) in [5.41, 5.74) is -0.452. The van der Waals surface area contributed by atoms with Crippen molar-refractivity contribution < 1.29 is 14.3 Å². The Kier molecular flexibility index (Phi) is 5.20. The number of rotatable bonds is 4. The van der Waals surface area contributed by atoms with E-state index in [9.17, 15) is 4.79 Å². The Balaban J connectivity index is 2.22. The summed E-state index contributed by atoms with van der Waals surface area (Å²) in [4.78, 5) is 11.2. The molecule has 0 bridgehead atoms. The van der Waals surface area contributed by atoms with Gasteiger partial charge in [0.2, 0.25) is 0 Å². The fourth-order valence-corrected chi connectivity index (χ4v) is 2.43. The predicted octanol–water partition coefficient (Wildman–Crippen LogP) is 5.20. The molecule has 1 unspecified atom stereocenters. The lowest BCUT2D eigenvalue weighted by Gasteiger charge is -2.23. The zero-order chi connectivity index (χ0) is 17.0. The molecular weight excluding hydrogens is 335 g/mol. The highest BCUT2D eigenvalue weighted by molar-refractivity contribution is 6.35. The van der Waals surface area contributed by atoms with Crippen molar-refractivity contribution in [2.45, 2.75) is 19.4 Å². The van der Waals surface area contributed by atoms with Gasteiger partial charge in [0.25, 0.3) is 0 Å². The summed E-state index contributed by atoms with van der Waals surface area (Å²) < 4.78 is 10.9. The Hall–Kier alpha value is -2.15. The first-order chi connectivity index (χ1) is 10.8. The Morgan fingerprint density at radius 2 is 1.83 bits per heavy atom. The first-order valence-electron chi connectivity index (χ1n) is 6.75. The number of ether oxygens (including phenoxy) is 2. The molecule has 0 radical (unpaired) electrons. The molecule has 0 spiro atoms. The molecule has 0 N–H and O–H groups in total. The summed E-state index contributed by atoms with van der Waals surface area (Å²) in [7, 11) is 0. The van der Waals surface area contributed by atoms with Crippen molar-refractivity contribution in [3.63, 3.8) is 0 Å². The topological polar surface area (TPSA) is 35.5 Å². The molecule has 1 atom stereocenters. The van der Waals surface area contributed by atoms with Gasteiger partial charge in [-0.2, -0.15) is 0 Å². The standard InChI is InChI=1S/C18H14Cl2O3/c1-4-18(3,23-12(2)21)13-5-8-15(9-6-13)22-17-10-7-14(19)11-16(17)20/h1,5-11H,2-3H3. The monoisotopic (exact) mass is 348 g/mol. The van der Waals surface area contributed by atoms with Gasteiger partial charge in [-0.3, -0.25) is 4.79 Å². The molecule has 0 fully saturated rings. The van der Waals surface area contributed by atoms with Crippen LogP contribution < -0.4 is 4.74 Å². The van der Waals surface area contributed by atoms with Crippen LogP contribution in [0.5, 0.6) is 11.5 Å². The molecule has 0 aliphatic rings. The molecule has 0 aliphatic heterocycles. The molecule has 0 aliphatic carbocycles. The van der Waals surface area contributed by atoms with E-state index in [4.69, 9.17) is 39.1 Å². The van der Waals surface area contributed by atoms with Crippen molar-refractivity contribution >= 4 is 29.2 Å². The van der Waals surface area contributed by atoms with Gasteiger partial charge < -0.3 is 9.47 Å². The van der Waals surface area contributed by atoms with Crippen molar-refractivity contribution in [1.82, 2.24) is 0 Å². The molecule has 2 aromatic carbocycles. The molecule has 2 aromatic rings. The van der Waals surface area contributed by atoms with E-state index in [1.165, 1.54) is 6.92 Å². The van der Waals surface area contributed by atoms with Gasteiger partial charge in [0.15, 0.2) is 5.60 Å². The molecule has 0 amide bonds. The largest absolute Gasteiger partial charge is 0.456 e. The van der Waals surface area contributed by atoms with E-state index in [-0.39, 0.29) is 0 Å². The molecule has 5 heteroatoms. The van der Waals surface area contributed by atoms with Crippen LogP contribution in [-0.4, -0.2) is 5.97 Å². The minimum absolute atomic E-state index is 0.412. The molecule has 0 saturated carbocycles. The van der Waals surface area contributed by atoms with Gasteiger partial charge in [-0.05, 0) is 37.3 Å². The van der Waals surface area contributed by atoms with Crippen LogP contribution >= 0.6 is 23.2 Å². The summed E-state index contributed by atoms with van der Waals surface area (Å²) >= 11 is 11.9. The molecule has 0 aromatic heterocycles. The van der Waals surface area contributed by atoms with Gasteiger partial charge in [0.05, 0.1) is 5.02 Å². The van der Waals surface area contributed by atoms with E-state index < -0.39 is 11.6 Å². The van der Waals surface area contributed by atoms with E-state index in [0.29, 0.717) is 27.1 Å². The SMILES string of the molecule is C#CC(C)(OC(C)=O)c1ccc(Oc2ccc(Cl)cc2Cl)cc1. The van der Waals surface area contributed by atoms with Crippen LogP contribution in [0.3, 0.4) is 0 Å². The molecular formula is C18H14Cl2O3. The quantitative estimate of drug-likeness (QED) is 0.562. The molecule has 23 heavy (non-hydrogen) atoms. The predicted molar refractivity (Wildman–Crippen MR) is 90.9 cm³/mol. The Morgan fingerprint density at radius 3 is 2.35 bits per heavy atom. The van der Waals surface area contributed by atoms with Gasteiger partial charge in [-0.1, -0.05) is 41.3 Å². The number of hydrogen-bond donors (Lipinski definition) is 0. The van der Waals surface area contributed by atoms with E-state index in [0.717, 1.165) is 0 Å². The van der Waals surface area contributed by atoms with Gasteiger partial charge in [-0.25, -0.2) is 0 Å². The maximum Gasteiger partial charge on any atom is 0.304 e. The number of halogens is 2. The average molecular weight is 349 g/mol. The summed E-state index contributed by atoms with van der Waals surface area (Å²) in [6.07, 6.45) is 5.49. The number of carbonyl (C=O) groups is 1. The van der Waals surface area contributed by atoms with Crippen LogP contribution in [0.2, 0.25) is 10.0 Å². The van der Waals surface area contributed by atoms with Crippen LogP contribution in [0, 0.1) is 12.3 Å². The van der Waals surface area contributed by atoms with Crippen molar-refractivity contribution in [1.29, 1.82) is 0 Å². The fraction of sp³-hybridized carbons (Fsp3) is 0.167. The zero-order valence-corrected chi connectivity index (χ0v) is 14.1. The number of terminal acetylenes is 1. The molecule has 0 heterocycles. The van der Waals surface area contributed by atoms with Crippen molar-refractivity contribution in [2.75, 3.05) is 0 Å². The Labute approximate surface area is 145 Å². The van der Waals surface area contributed by atoms with Crippen LogP contribution in [0.25, 0.3) is 0 Å². The van der Waals surface area contributed by atoms with Crippen LogP contribution in [0.4, 0.5) is 0 Å². The molecule has 3 nitrogen and oxygen atoms in total. The first kappa shape index (κ1) is 17.2. The van der Waals surface area contributed by atoms with Crippen molar-refractivity contribution in [2.24, 2.45) is 0 Å². The fourth-order valence-electron chi connectivity index (χ4n) is 1.99. The lowest BCUT2D eigenvalue weighted by Crippen LogP contribution is -2.26.